The van der Waals surface area contributed by atoms with Gasteiger partial charge in [-0.3, -0.25) is 0 Å². The Kier molecular flexibility index (Phi) is 7.33. The zero-order valence-corrected chi connectivity index (χ0v) is 19.8. The van der Waals surface area contributed by atoms with Crippen LogP contribution in [0.15, 0.2) is 103 Å². The highest BCUT2D eigenvalue weighted by molar-refractivity contribution is 5.93. The Balaban J connectivity index is 1.43. The van der Waals surface area contributed by atoms with Gasteiger partial charge in [-0.1, -0.05) is 72.5 Å². The molecule has 0 atom stereocenters. The molecule has 0 aliphatic heterocycles. The topological polar surface area (TPSA) is 43.5 Å². The van der Waals surface area contributed by atoms with E-state index >= 15 is 0 Å². The van der Waals surface area contributed by atoms with Crippen LogP contribution in [0.1, 0.15) is 22.3 Å². The van der Waals surface area contributed by atoms with Gasteiger partial charge in [-0.05, 0) is 47.5 Å². The van der Waals surface area contributed by atoms with Crippen LogP contribution in [0.5, 0.6) is 17.2 Å². The second-order valence-corrected chi connectivity index (χ2v) is 8.25. The molecule has 4 aromatic carbocycles. The number of hydrogen-bond donors (Lipinski definition) is 1. The molecule has 1 N–H and O–H groups in total. The molecule has 0 unspecified atom stereocenters. The Labute approximate surface area is 213 Å². The van der Waals surface area contributed by atoms with Crippen LogP contribution in [-0.4, -0.2) is 11.6 Å². The minimum absolute atomic E-state index is 0.0907. The Morgan fingerprint density at radius 3 is 1.89 bits per heavy atom. The number of hydrogen-bond acceptors (Lipinski definition) is 3. The maximum atomic E-state index is 12.4. The van der Waals surface area contributed by atoms with Crippen LogP contribution < -0.4 is 14.2 Å². The van der Waals surface area contributed by atoms with Gasteiger partial charge >= 0.3 is 6.61 Å². The van der Waals surface area contributed by atoms with Crippen molar-refractivity contribution in [1.29, 1.82) is 0 Å². The zero-order valence-electron chi connectivity index (χ0n) is 19.8. The number of nitrogens with one attached hydrogen (secondary N) is 1. The molecular weight excluding hydrogens is 472 g/mol. The molecule has 1 aromatic heterocycles. The molecule has 0 saturated heterocycles. The molecule has 0 aliphatic carbocycles. The predicted octanol–water partition coefficient (Wildman–Crippen LogP) is 7.33. The maximum absolute atomic E-state index is 12.4. The van der Waals surface area contributed by atoms with Crippen LogP contribution in [0, 0.1) is 11.8 Å². The van der Waals surface area contributed by atoms with Gasteiger partial charge in [0.2, 0.25) is 0 Å². The van der Waals surface area contributed by atoms with Crippen LogP contribution in [0.2, 0.25) is 0 Å². The first-order valence-corrected chi connectivity index (χ1v) is 11.7. The minimum atomic E-state index is -2.86. The number of alkyl halides is 2. The van der Waals surface area contributed by atoms with E-state index in [0.29, 0.717) is 30.3 Å². The van der Waals surface area contributed by atoms with Gasteiger partial charge in [0.15, 0.2) is 0 Å². The number of H-pyrrole nitrogens is 1. The number of aromatic amines is 1. The highest BCUT2D eigenvalue weighted by atomic mass is 19.3. The average molecular weight is 496 g/mol. The van der Waals surface area contributed by atoms with E-state index in [4.69, 9.17) is 9.47 Å². The van der Waals surface area contributed by atoms with Crippen molar-refractivity contribution in [3.63, 3.8) is 0 Å². The second kappa shape index (κ2) is 11.3. The normalized spacial score (nSPS) is 10.7. The molecule has 1 heterocycles. The molecule has 0 fully saturated rings. The molecule has 4 nitrogen and oxygen atoms in total. The van der Waals surface area contributed by atoms with E-state index < -0.39 is 6.61 Å². The van der Waals surface area contributed by atoms with Gasteiger partial charge in [0, 0.05) is 17.3 Å². The highest BCUT2D eigenvalue weighted by Gasteiger charge is 2.14. The lowest BCUT2D eigenvalue weighted by Gasteiger charge is -2.11. The van der Waals surface area contributed by atoms with Gasteiger partial charge in [-0.2, -0.15) is 8.78 Å². The van der Waals surface area contributed by atoms with E-state index in [1.54, 1.807) is 12.1 Å². The molecule has 0 spiro atoms. The minimum Gasteiger partial charge on any atom is -0.488 e. The molecule has 184 valence electrons. The third kappa shape index (κ3) is 6.28. The van der Waals surface area contributed by atoms with Crippen molar-refractivity contribution in [3.05, 3.63) is 126 Å². The Morgan fingerprint density at radius 1 is 0.676 bits per heavy atom. The number of ether oxygens (including phenoxy) is 3. The molecule has 0 bridgehead atoms. The number of rotatable bonds is 8. The van der Waals surface area contributed by atoms with Gasteiger partial charge in [-0.15, -0.1) is 0 Å². The smallest absolute Gasteiger partial charge is 0.387 e. The van der Waals surface area contributed by atoms with Crippen molar-refractivity contribution in [2.75, 3.05) is 0 Å². The monoisotopic (exact) mass is 495 g/mol. The van der Waals surface area contributed by atoms with Crippen molar-refractivity contribution in [2.45, 2.75) is 19.8 Å². The van der Waals surface area contributed by atoms with Gasteiger partial charge < -0.3 is 19.2 Å². The maximum Gasteiger partial charge on any atom is 0.387 e. The third-order valence-corrected chi connectivity index (χ3v) is 5.61. The summed E-state index contributed by atoms with van der Waals surface area (Å²) in [5, 5.41) is 0.839. The largest absolute Gasteiger partial charge is 0.488 e. The zero-order chi connectivity index (χ0) is 25.5. The van der Waals surface area contributed by atoms with E-state index in [2.05, 4.69) is 21.6 Å². The summed E-state index contributed by atoms with van der Waals surface area (Å²) < 4.78 is 41.6. The van der Waals surface area contributed by atoms with Crippen LogP contribution in [0.25, 0.3) is 10.9 Å². The van der Waals surface area contributed by atoms with Gasteiger partial charge in [0.05, 0.1) is 10.9 Å². The van der Waals surface area contributed by atoms with Gasteiger partial charge in [0.1, 0.15) is 30.5 Å². The average Bonchev–Trinajstić information content (AvgIpc) is 3.34. The molecule has 5 rings (SSSR count). The van der Waals surface area contributed by atoms with E-state index in [9.17, 15) is 8.78 Å². The Hall–Kier alpha value is -4.76. The van der Waals surface area contributed by atoms with Crippen molar-refractivity contribution < 1.29 is 23.0 Å². The molecule has 5 aromatic rings. The lowest BCUT2D eigenvalue weighted by atomic mass is 10.1. The summed E-state index contributed by atoms with van der Waals surface area (Å²) in [6.07, 6.45) is 1.82. The van der Waals surface area contributed by atoms with Crippen LogP contribution in [0.4, 0.5) is 8.78 Å². The summed E-state index contributed by atoms with van der Waals surface area (Å²) in [5.74, 6) is 7.64. The first-order valence-electron chi connectivity index (χ1n) is 11.7. The quantitative estimate of drug-likeness (QED) is 0.229. The van der Waals surface area contributed by atoms with Crippen molar-refractivity contribution >= 4 is 10.9 Å². The molecule has 0 aliphatic rings. The fourth-order valence-corrected chi connectivity index (χ4v) is 3.83. The van der Waals surface area contributed by atoms with Crippen LogP contribution in [0.3, 0.4) is 0 Å². The SMILES string of the molecule is FC(F)Oc1ccc(C#Cc2cc(OCc3ccccc3)c3c(OCc4ccccc4)c[nH]c3c2)cc1. The number of benzene rings is 4. The Morgan fingerprint density at radius 2 is 1.27 bits per heavy atom. The summed E-state index contributed by atoms with van der Waals surface area (Å²) >= 11 is 0. The lowest BCUT2D eigenvalue weighted by molar-refractivity contribution is -0.0498. The number of aromatic nitrogens is 1. The van der Waals surface area contributed by atoms with Crippen molar-refractivity contribution in [3.8, 4) is 29.1 Å². The standard InChI is InChI=1S/C31H23F2NO3/c32-31(33)37-26-15-13-22(14-16-26)11-12-25-17-27-30(28(18-25)35-20-23-7-3-1-4-8-23)29(19-34-27)36-21-24-9-5-2-6-10-24/h1-10,13-19,31,34H,20-21H2. The van der Waals surface area contributed by atoms with E-state index in [-0.39, 0.29) is 5.75 Å². The molecule has 0 saturated carbocycles. The highest BCUT2D eigenvalue weighted by Crippen LogP contribution is 2.36. The summed E-state index contributed by atoms with van der Waals surface area (Å²) in [5.41, 5.74) is 4.35. The molecule has 37 heavy (non-hydrogen) atoms. The third-order valence-electron chi connectivity index (χ3n) is 5.61. The fourth-order valence-electron chi connectivity index (χ4n) is 3.83. The fraction of sp³-hybridized carbons (Fsp3) is 0.0968. The Bertz CT molecular complexity index is 1520. The summed E-state index contributed by atoms with van der Waals surface area (Å²) in [6.45, 7) is -2.04. The van der Waals surface area contributed by atoms with Gasteiger partial charge in [-0.25, -0.2) is 0 Å². The van der Waals surface area contributed by atoms with Crippen LogP contribution >= 0.6 is 0 Å². The summed E-state index contributed by atoms with van der Waals surface area (Å²) in [6, 6.07) is 29.9. The number of fused-ring (bicyclic) bond motifs is 1. The number of halogens is 2. The van der Waals surface area contributed by atoms with E-state index in [1.165, 1.54) is 12.1 Å². The first-order chi connectivity index (χ1) is 18.1. The molecule has 0 radical (unpaired) electrons. The molecule has 6 heteroatoms. The van der Waals surface area contributed by atoms with E-state index in [1.807, 2.05) is 79.0 Å². The van der Waals surface area contributed by atoms with Crippen molar-refractivity contribution in [1.82, 2.24) is 4.98 Å². The molecular formula is C31H23F2NO3. The summed E-state index contributed by atoms with van der Waals surface area (Å²) in [7, 11) is 0. The first kappa shape index (κ1) is 24.0. The van der Waals surface area contributed by atoms with Gasteiger partial charge in [0.25, 0.3) is 0 Å². The molecule has 0 amide bonds. The van der Waals surface area contributed by atoms with Crippen LogP contribution in [-0.2, 0) is 13.2 Å². The lowest BCUT2D eigenvalue weighted by Crippen LogP contribution is -2.01. The summed E-state index contributed by atoms with van der Waals surface area (Å²) in [4.78, 5) is 3.27. The second-order valence-electron chi connectivity index (χ2n) is 8.25. The van der Waals surface area contributed by atoms with Crippen molar-refractivity contribution in [2.24, 2.45) is 0 Å². The predicted molar refractivity (Wildman–Crippen MR) is 139 cm³/mol. The van der Waals surface area contributed by atoms with E-state index in [0.717, 1.165) is 27.6 Å².